The Bertz CT molecular complexity index is 167. The van der Waals surface area contributed by atoms with Crippen molar-refractivity contribution in [3.63, 3.8) is 0 Å². The molecule has 13 heavy (non-hydrogen) atoms. The van der Waals surface area contributed by atoms with Gasteiger partial charge in [0.15, 0.2) is 0 Å². The van der Waals surface area contributed by atoms with Gasteiger partial charge in [0.25, 0.3) is 0 Å². The van der Waals surface area contributed by atoms with E-state index in [-0.39, 0.29) is 0 Å². The van der Waals surface area contributed by atoms with Crippen LogP contribution in [-0.4, -0.2) is 0 Å². The maximum Gasteiger partial charge on any atom is -0.0292 e. The Morgan fingerprint density at radius 1 is 1.23 bits per heavy atom. The molecule has 1 saturated carbocycles. The highest BCUT2D eigenvalue weighted by Crippen LogP contribution is 2.63. The summed E-state index contributed by atoms with van der Waals surface area (Å²) in [7, 11) is 0. The summed E-state index contributed by atoms with van der Waals surface area (Å²) in [4.78, 5) is 0. The van der Waals surface area contributed by atoms with Crippen LogP contribution in [0.4, 0.5) is 0 Å². The summed E-state index contributed by atoms with van der Waals surface area (Å²) in [6.07, 6.45) is 2.78. The fourth-order valence-electron chi connectivity index (χ4n) is 3.12. The highest BCUT2D eigenvalue weighted by atomic mass is 14.6. The molecule has 0 bridgehead atoms. The standard InChI is InChI=1S/C13H26/c1-7-8-11(9(2)3)12-10(4)13(12,5)6/h9-12H,7-8H2,1-6H3. The molecule has 3 atom stereocenters. The zero-order valence-electron chi connectivity index (χ0n) is 10.2. The number of hydrogen-bond donors (Lipinski definition) is 0. The lowest BCUT2D eigenvalue weighted by molar-refractivity contribution is 0.278. The molecule has 1 rings (SSSR count). The van der Waals surface area contributed by atoms with Crippen LogP contribution in [0.25, 0.3) is 0 Å². The maximum atomic E-state index is 2.44. The highest BCUT2D eigenvalue weighted by Gasteiger charge is 2.57. The van der Waals surface area contributed by atoms with Crippen molar-refractivity contribution in [2.75, 3.05) is 0 Å². The van der Waals surface area contributed by atoms with Gasteiger partial charge in [-0.05, 0) is 29.1 Å². The molecule has 78 valence electrons. The molecule has 0 amide bonds. The molecule has 0 radical (unpaired) electrons. The van der Waals surface area contributed by atoms with Crippen molar-refractivity contribution in [3.05, 3.63) is 0 Å². The second-order valence-corrected chi connectivity index (χ2v) is 5.83. The lowest BCUT2D eigenvalue weighted by Gasteiger charge is -2.22. The molecule has 0 N–H and O–H groups in total. The fourth-order valence-corrected chi connectivity index (χ4v) is 3.12. The van der Waals surface area contributed by atoms with Gasteiger partial charge < -0.3 is 0 Å². The Balaban J connectivity index is 2.58. The van der Waals surface area contributed by atoms with Crippen LogP contribution in [-0.2, 0) is 0 Å². The predicted octanol–water partition coefficient (Wildman–Crippen LogP) is 4.35. The van der Waals surface area contributed by atoms with Crippen molar-refractivity contribution < 1.29 is 0 Å². The molecular formula is C13H26. The van der Waals surface area contributed by atoms with E-state index in [9.17, 15) is 0 Å². The summed E-state index contributed by atoms with van der Waals surface area (Å²) >= 11 is 0. The molecule has 0 heteroatoms. The van der Waals surface area contributed by atoms with Crippen LogP contribution >= 0.6 is 0 Å². The number of rotatable bonds is 4. The average molecular weight is 182 g/mol. The fraction of sp³-hybridized carbons (Fsp3) is 1.00. The van der Waals surface area contributed by atoms with Gasteiger partial charge in [-0.15, -0.1) is 0 Å². The smallest absolute Gasteiger partial charge is 0.0292 e. The van der Waals surface area contributed by atoms with Crippen molar-refractivity contribution in [1.29, 1.82) is 0 Å². The molecule has 0 aromatic heterocycles. The van der Waals surface area contributed by atoms with Crippen LogP contribution in [0.3, 0.4) is 0 Å². The quantitative estimate of drug-likeness (QED) is 0.606. The normalized spacial score (nSPS) is 33.5. The van der Waals surface area contributed by atoms with Gasteiger partial charge in [-0.25, -0.2) is 0 Å². The molecule has 1 aliphatic carbocycles. The topological polar surface area (TPSA) is 0 Å². The van der Waals surface area contributed by atoms with Gasteiger partial charge in [0.05, 0.1) is 0 Å². The van der Waals surface area contributed by atoms with Crippen LogP contribution in [0, 0.1) is 29.1 Å². The maximum absolute atomic E-state index is 2.44. The van der Waals surface area contributed by atoms with Crippen LogP contribution in [0.5, 0.6) is 0 Å². The largest absolute Gasteiger partial charge is 0.0654 e. The van der Waals surface area contributed by atoms with E-state index in [1.54, 1.807) is 0 Å². The first-order chi connectivity index (χ1) is 5.92. The molecule has 0 nitrogen and oxygen atoms in total. The summed E-state index contributed by atoms with van der Waals surface area (Å²) in [6, 6.07) is 0. The van der Waals surface area contributed by atoms with E-state index in [0.29, 0.717) is 5.41 Å². The first-order valence-electron chi connectivity index (χ1n) is 5.92. The number of hydrogen-bond acceptors (Lipinski definition) is 0. The monoisotopic (exact) mass is 182 g/mol. The Hall–Kier alpha value is 0. The molecular weight excluding hydrogens is 156 g/mol. The van der Waals surface area contributed by atoms with Gasteiger partial charge in [0.1, 0.15) is 0 Å². The molecule has 0 aromatic carbocycles. The Morgan fingerprint density at radius 2 is 1.69 bits per heavy atom. The summed E-state index contributed by atoms with van der Waals surface area (Å²) in [5.41, 5.74) is 0.629. The van der Waals surface area contributed by atoms with Gasteiger partial charge >= 0.3 is 0 Å². The molecule has 0 spiro atoms. The first-order valence-corrected chi connectivity index (χ1v) is 5.92. The van der Waals surface area contributed by atoms with E-state index in [1.807, 2.05) is 0 Å². The van der Waals surface area contributed by atoms with Gasteiger partial charge in [0.2, 0.25) is 0 Å². The molecule has 0 heterocycles. The van der Waals surface area contributed by atoms with E-state index in [0.717, 1.165) is 23.7 Å². The van der Waals surface area contributed by atoms with E-state index in [1.165, 1.54) is 12.8 Å². The second kappa shape index (κ2) is 3.63. The predicted molar refractivity (Wildman–Crippen MR) is 59.7 cm³/mol. The molecule has 0 aromatic rings. The van der Waals surface area contributed by atoms with E-state index in [4.69, 9.17) is 0 Å². The van der Waals surface area contributed by atoms with Gasteiger partial charge in [-0.1, -0.05) is 54.4 Å². The minimum Gasteiger partial charge on any atom is -0.0654 e. The third kappa shape index (κ3) is 1.92. The van der Waals surface area contributed by atoms with Crippen LogP contribution in [0.1, 0.15) is 54.4 Å². The van der Waals surface area contributed by atoms with Crippen LogP contribution in [0.2, 0.25) is 0 Å². The second-order valence-electron chi connectivity index (χ2n) is 5.83. The average Bonchev–Trinajstić information content (AvgIpc) is 2.48. The van der Waals surface area contributed by atoms with Crippen molar-refractivity contribution in [2.45, 2.75) is 54.4 Å². The van der Waals surface area contributed by atoms with Gasteiger partial charge in [-0.3, -0.25) is 0 Å². The molecule has 0 saturated heterocycles. The van der Waals surface area contributed by atoms with E-state index in [2.05, 4.69) is 41.5 Å². The summed E-state index contributed by atoms with van der Waals surface area (Å²) in [5.74, 6) is 3.78. The van der Waals surface area contributed by atoms with Crippen LogP contribution in [0.15, 0.2) is 0 Å². The van der Waals surface area contributed by atoms with Crippen molar-refractivity contribution in [3.8, 4) is 0 Å². The minimum atomic E-state index is 0.629. The Morgan fingerprint density at radius 3 is 1.92 bits per heavy atom. The van der Waals surface area contributed by atoms with Crippen LogP contribution < -0.4 is 0 Å². The zero-order chi connectivity index (χ0) is 10.2. The van der Waals surface area contributed by atoms with Crippen molar-refractivity contribution >= 4 is 0 Å². The van der Waals surface area contributed by atoms with E-state index < -0.39 is 0 Å². The minimum absolute atomic E-state index is 0.629. The van der Waals surface area contributed by atoms with Gasteiger partial charge in [-0.2, -0.15) is 0 Å². The van der Waals surface area contributed by atoms with Gasteiger partial charge in [0, 0.05) is 0 Å². The Labute approximate surface area is 84.1 Å². The SMILES string of the molecule is CCCC(C(C)C)C1C(C)C1(C)C. The summed E-state index contributed by atoms with van der Waals surface area (Å²) in [6.45, 7) is 14.4. The highest BCUT2D eigenvalue weighted by molar-refractivity contribution is 5.05. The van der Waals surface area contributed by atoms with Crippen molar-refractivity contribution in [1.82, 2.24) is 0 Å². The summed E-state index contributed by atoms with van der Waals surface area (Å²) < 4.78 is 0. The third-order valence-electron chi connectivity index (χ3n) is 4.40. The van der Waals surface area contributed by atoms with Crippen molar-refractivity contribution in [2.24, 2.45) is 29.1 Å². The molecule has 1 aliphatic rings. The van der Waals surface area contributed by atoms with E-state index >= 15 is 0 Å². The summed E-state index contributed by atoms with van der Waals surface area (Å²) in [5, 5.41) is 0. The molecule has 0 aliphatic heterocycles. The molecule has 3 unspecified atom stereocenters. The molecule has 1 fully saturated rings. The zero-order valence-corrected chi connectivity index (χ0v) is 10.2. The lowest BCUT2D eigenvalue weighted by atomic mass is 9.84. The third-order valence-corrected chi connectivity index (χ3v) is 4.40. The lowest BCUT2D eigenvalue weighted by Crippen LogP contribution is -2.14. The Kier molecular flexibility index (Phi) is 3.09. The first kappa shape index (κ1) is 11.1.